The Kier molecular flexibility index (Phi) is 3.76. The molecule has 1 aliphatic heterocycles. The second-order valence-corrected chi connectivity index (χ2v) is 6.14. The van der Waals surface area contributed by atoms with E-state index in [1.54, 1.807) is 0 Å². The van der Waals surface area contributed by atoms with Gasteiger partial charge in [-0.2, -0.15) is 5.10 Å². The van der Waals surface area contributed by atoms with Gasteiger partial charge in [-0.3, -0.25) is 9.89 Å². The predicted molar refractivity (Wildman–Crippen MR) is 94.6 cm³/mol. The van der Waals surface area contributed by atoms with E-state index in [-0.39, 0.29) is 5.91 Å². The molecule has 3 aromatic rings. The molecule has 4 rings (SSSR count). The summed E-state index contributed by atoms with van der Waals surface area (Å²) in [5.41, 5.74) is 5.09. The number of carbonyl (C=O) groups is 1. The zero-order chi connectivity index (χ0) is 17.4. The van der Waals surface area contributed by atoms with Gasteiger partial charge in [-0.1, -0.05) is 23.4 Å². The molecule has 0 bridgehead atoms. The highest BCUT2D eigenvalue weighted by atomic mass is 16.6. The van der Waals surface area contributed by atoms with Crippen molar-refractivity contribution in [1.29, 1.82) is 0 Å². The van der Waals surface area contributed by atoms with Gasteiger partial charge in [0.1, 0.15) is 24.2 Å². The molecule has 2 N–H and O–H groups in total. The van der Waals surface area contributed by atoms with E-state index in [4.69, 9.17) is 4.84 Å². The van der Waals surface area contributed by atoms with Crippen LogP contribution in [-0.4, -0.2) is 45.4 Å². The number of oxime groups is 1. The molecular formula is C18H19N5O2. The maximum atomic E-state index is 12.9. The van der Waals surface area contributed by atoms with Gasteiger partial charge in [0.2, 0.25) is 0 Å². The number of fused-ring (bicyclic) bond motifs is 2. The third-order valence-corrected chi connectivity index (χ3v) is 4.55. The van der Waals surface area contributed by atoms with E-state index in [2.05, 4.69) is 20.3 Å². The number of nitrogens with one attached hydrogen (secondary N) is 2. The molecule has 0 saturated heterocycles. The number of nitrogens with zero attached hydrogens (tertiary/aromatic N) is 3. The van der Waals surface area contributed by atoms with Crippen LogP contribution in [0.1, 0.15) is 34.4 Å². The van der Waals surface area contributed by atoms with Crippen LogP contribution in [0, 0.1) is 0 Å². The molecule has 7 heteroatoms. The Morgan fingerprint density at radius 1 is 1.36 bits per heavy atom. The van der Waals surface area contributed by atoms with Crippen molar-refractivity contribution in [2.75, 3.05) is 13.7 Å². The largest absolute Gasteiger partial charge is 0.399 e. The minimum atomic E-state index is -0.00432. The first-order valence-corrected chi connectivity index (χ1v) is 8.18. The normalized spacial score (nSPS) is 14.6. The first-order chi connectivity index (χ1) is 12.2. The van der Waals surface area contributed by atoms with Crippen molar-refractivity contribution in [3.63, 3.8) is 0 Å². The average Bonchev–Trinajstić information content (AvgIpc) is 3.24. The van der Waals surface area contributed by atoms with E-state index in [1.165, 1.54) is 7.11 Å². The maximum Gasteiger partial charge on any atom is 0.270 e. The SMILES string of the molecule is CON=C(C)c1n[nH]c2c1CN(C(=O)c1cc3ccccc3[nH]1)CC2. The van der Waals surface area contributed by atoms with Crippen LogP contribution < -0.4 is 0 Å². The number of hydrogen-bond donors (Lipinski definition) is 2. The molecule has 0 unspecified atom stereocenters. The number of rotatable bonds is 3. The smallest absolute Gasteiger partial charge is 0.270 e. The Morgan fingerprint density at radius 3 is 3.00 bits per heavy atom. The number of aromatic amines is 2. The van der Waals surface area contributed by atoms with Crippen LogP contribution in [0.4, 0.5) is 0 Å². The van der Waals surface area contributed by atoms with Gasteiger partial charge in [0, 0.05) is 35.1 Å². The molecule has 0 saturated carbocycles. The van der Waals surface area contributed by atoms with E-state index in [9.17, 15) is 4.79 Å². The summed E-state index contributed by atoms with van der Waals surface area (Å²) in [6.07, 6.45) is 0.745. The summed E-state index contributed by atoms with van der Waals surface area (Å²) in [7, 11) is 1.51. The topological polar surface area (TPSA) is 86.4 Å². The number of benzene rings is 1. The fraction of sp³-hybridized carbons (Fsp3) is 0.278. The second kappa shape index (κ2) is 6.08. The summed E-state index contributed by atoms with van der Waals surface area (Å²) >= 11 is 0. The third kappa shape index (κ3) is 2.67. The summed E-state index contributed by atoms with van der Waals surface area (Å²) in [5.74, 6) is -0.00432. The lowest BCUT2D eigenvalue weighted by Gasteiger charge is -2.26. The van der Waals surface area contributed by atoms with Gasteiger partial charge in [-0.15, -0.1) is 0 Å². The highest BCUT2D eigenvalue weighted by Crippen LogP contribution is 2.23. The first kappa shape index (κ1) is 15.4. The number of hydrogen-bond acceptors (Lipinski definition) is 4. The standard InChI is InChI=1S/C18H19N5O2/c1-11(22-25-2)17-13-10-23(8-7-15(13)20-21-17)18(24)16-9-12-5-3-4-6-14(12)19-16/h3-6,9,19H,7-8,10H2,1-2H3,(H,20,21). The number of H-pyrrole nitrogens is 2. The molecule has 0 radical (unpaired) electrons. The summed E-state index contributed by atoms with van der Waals surface area (Å²) in [5, 5.41) is 12.4. The van der Waals surface area contributed by atoms with E-state index in [0.29, 0.717) is 24.5 Å². The third-order valence-electron chi connectivity index (χ3n) is 4.55. The highest BCUT2D eigenvalue weighted by Gasteiger charge is 2.27. The van der Waals surface area contributed by atoms with E-state index < -0.39 is 0 Å². The van der Waals surface area contributed by atoms with Crippen LogP contribution in [0.2, 0.25) is 0 Å². The molecule has 2 aromatic heterocycles. The quantitative estimate of drug-likeness (QED) is 0.568. The number of aromatic nitrogens is 3. The fourth-order valence-corrected chi connectivity index (χ4v) is 3.31. The van der Waals surface area contributed by atoms with Crippen LogP contribution in [0.5, 0.6) is 0 Å². The average molecular weight is 337 g/mol. The second-order valence-electron chi connectivity index (χ2n) is 6.14. The minimum absolute atomic E-state index is 0.00432. The highest BCUT2D eigenvalue weighted by molar-refractivity contribution is 6.00. The molecule has 1 aliphatic rings. The minimum Gasteiger partial charge on any atom is -0.399 e. The molecule has 128 valence electrons. The molecule has 3 heterocycles. The Morgan fingerprint density at radius 2 is 2.20 bits per heavy atom. The van der Waals surface area contributed by atoms with Gasteiger partial charge in [-0.25, -0.2) is 0 Å². The van der Waals surface area contributed by atoms with Crippen LogP contribution in [0.3, 0.4) is 0 Å². The van der Waals surface area contributed by atoms with E-state index in [0.717, 1.165) is 34.3 Å². The lowest BCUT2D eigenvalue weighted by molar-refractivity contribution is 0.0729. The van der Waals surface area contributed by atoms with Gasteiger partial charge in [0.15, 0.2) is 0 Å². The summed E-state index contributed by atoms with van der Waals surface area (Å²) < 4.78 is 0. The summed E-state index contributed by atoms with van der Waals surface area (Å²) in [6.45, 7) is 3.01. The van der Waals surface area contributed by atoms with E-state index in [1.807, 2.05) is 42.2 Å². The van der Waals surface area contributed by atoms with Crippen molar-refractivity contribution in [3.05, 3.63) is 53.0 Å². The monoisotopic (exact) mass is 337 g/mol. The van der Waals surface area contributed by atoms with Gasteiger partial charge >= 0.3 is 0 Å². The number of para-hydroxylation sites is 1. The molecule has 1 aromatic carbocycles. The van der Waals surface area contributed by atoms with Gasteiger partial charge in [0.05, 0.1) is 6.54 Å². The number of carbonyl (C=O) groups excluding carboxylic acids is 1. The van der Waals surface area contributed by atoms with Gasteiger partial charge < -0.3 is 14.7 Å². The molecular weight excluding hydrogens is 318 g/mol. The van der Waals surface area contributed by atoms with Crippen molar-refractivity contribution >= 4 is 22.5 Å². The van der Waals surface area contributed by atoms with Crippen LogP contribution in [0.15, 0.2) is 35.5 Å². The Hall–Kier alpha value is -3.09. The molecule has 0 spiro atoms. The van der Waals surface area contributed by atoms with Crippen molar-refractivity contribution in [2.45, 2.75) is 19.9 Å². The Balaban J connectivity index is 1.62. The molecule has 1 amide bonds. The maximum absolute atomic E-state index is 12.9. The molecule has 0 fully saturated rings. The van der Waals surface area contributed by atoms with Crippen molar-refractivity contribution < 1.29 is 9.63 Å². The lowest BCUT2D eigenvalue weighted by Crippen LogP contribution is -2.36. The fourth-order valence-electron chi connectivity index (χ4n) is 3.31. The molecule has 0 aliphatic carbocycles. The van der Waals surface area contributed by atoms with Gasteiger partial charge in [0.25, 0.3) is 5.91 Å². The lowest BCUT2D eigenvalue weighted by atomic mass is 10.0. The summed E-state index contributed by atoms with van der Waals surface area (Å²) in [4.78, 5) is 22.8. The molecule has 7 nitrogen and oxygen atoms in total. The molecule has 25 heavy (non-hydrogen) atoms. The van der Waals surface area contributed by atoms with Crippen LogP contribution in [-0.2, 0) is 17.8 Å². The summed E-state index contributed by atoms with van der Waals surface area (Å²) in [6, 6.07) is 9.79. The zero-order valence-corrected chi connectivity index (χ0v) is 14.2. The van der Waals surface area contributed by atoms with Crippen molar-refractivity contribution in [1.82, 2.24) is 20.1 Å². The van der Waals surface area contributed by atoms with Crippen LogP contribution in [0.25, 0.3) is 10.9 Å². The zero-order valence-electron chi connectivity index (χ0n) is 14.2. The Labute approximate surface area is 144 Å². The predicted octanol–water partition coefficient (Wildman–Crippen LogP) is 2.46. The van der Waals surface area contributed by atoms with Crippen molar-refractivity contribution in [2.24, 2.45) is 5.16 Å². The first-order valence-electron chi connectivity index (χ1n) is 8.18. The van der Waals surface area contributed by atoms with Gasteiger partial charge in [-0.05, 0) is 19.1 Å². The van der Waals surface area contributed by atoms with Crippen LogP contribution >= 0.6 is 0 Å². The Bertz CT molecular complexity index is 936. The van der Waals surface area contributed by atoms with Crippen molar-refractivity contribution in [3.8, 4) is 0 Å². The molecule has 0 atom stereocenters. The van der Waals surface area contributed by atoms with E-state index >= 15 is 0 Å². The number of amides is 1.